The lowest BCUT2D eigenvalue weighted by molar-refractivity contribution is -0.137. The van der Waals surface area contributed by atoms with E-state index >= 15 is 0 Å². The van der Waals surface area contributed by atoms with E-state index in [4.69, 9.17) is 5.26 Å². The van der Waals surface area contributed by atoms with Crippen molar-refractivity contribution in [1.82, 2.24) is 0 Å². The molecule has 2 rings (SSSR count). The van der Waals surface area contributed by atoms with Crippen molar-refractivity contribution in [3.8, 4) is 6.07 Å². The van der Waals surface area contributed by atoms with Gasteiger partial charge in [-0.15, -0.1) is 0 Å². The smallest absolute Gasteiger partial charge is 0.384 e. The van der Waals surface area contributed by atoms with Crippen LogP contribution in [-0.2, 0) is 6.18 Å². The summed E-state index contributed by atoms with van der Waals surface area (Å²) in [7, 11) is 0. The number of rotatable bonds is 3. The van der Waals surface area contributed by atoms with E-state index in [1.807, 2.05) is 0 Å². The van der Waals surface area contributed by atoms with Crippen LogP contribution in [0.4, 0.5) is 18.9 Å². The molecule has 18 heavy (non-hydrogen) atoms. The van der Waals surface area contributed by atoms with E-state index in [0.717, 1.165) is 18.6 Å². The highest BCUT2D eigenvalue weighted by Crippen LogP contribution is 2.38. The Bertz CT molecular complexity index is 488. The van der Waals surface area contributed by atoms with Crippen LogP contribution in [0, 0.1) is 23.2 Å². The molecule has 2 atom stereocenters. The van der Waals surface area contributed by atoms with Crippen LogP contribution in [0.5, 0.6) is 0 Å². The molecule has 96 valence electrons. The van der Waals surface area contributed by atoms with Gasteiger partial charge in [0.2, 0.25) is 0 Å². The Kier molecular flexibility index (Phi) is 3.20. The van der Waals surface area contributed by atoms with Crippen LogP contribution in [0.3, 0.4) is 0 Å². The maximum atomic E-state index is 12.5. The van der Waals surface area contributed by atoms with E-state index in [2.05, 4.69) is 12.2 Å². The van der Waals surface area contributed by atoms with Crippen molar-refractivity contribution in [2.45, 2.75) is 19.5 Å². The van der Waals surface area contributed by atoms with Gasteiger partial charge in [0.1, 0.15) is 6.07 Å². The third-order valence-corrected chi connectivity index (χ3v) is 3.30. The maximum Gasteiger partial charge on any atom is 0.416 e. The highest BCUT2D eigenvalue weighted by molar-refractivity contribution is 5.59. The van der Waals surface area contributed by atoms with Crippen molar-refractivity contribution in [3.63, 3.8) is 0 Å². The van der Waals surface area contributed by atoms with E-state index in [1.54, 1.807) is 6.07 Å². The molecule has 2 unspecified atom stereocenters. The van der Waals surface area contributed by atoms with Crippen molar-refractivity contribution >= 4 is 5.69 Å². The first-order valence-corrected chi connectivity index (χ1v) is 5.77. The first-order chi connectivity index (χ1) is 8.41. The Morgan fingerprint density at radius 2 is 2.11 bits per heavy atom. The third-order valence-electron chi connectivity index (χ3n) is 3.30. The summed E-state index contributed by atoms with van der Waals surface area (Å²) in [4.78, 5) is 0. The quantitative estimate of drug-likeness (QED) is 0.893. The number of halogens is 3. The number of nitrogens with one attached hydrogen (secondary N) is 1. The predicted molar refractivity (Wildman–Crippen MR) is 61.9 cm³/mol. The number of nitrogens with zero attached hydrogens (tertiary/aromatic N) is 1. The standard InChI is InChI=1S/C13H13F3N2/c1-8-4-10(8)7-18-12-3-2-11(13(14,15)16)5-9(12)6-17/h2-3,5,8,10,18H,4,7H2,1H3. The molecule has 0 bridgehead atoms. The monoisotopic (exact) mass is 254 g/mol. The fourth-order valence-electron chi connectivity index (χ4n) is 1.89. The molecule has 5 heteroatoms. The molecule has 0 aliphatic heterocycles. The fraction of sp³-hybridized carbons (Fsp3) is 0.462. The van der Waals surface area contributed by atoms with Gasteiger partial charge in [0, 0.05) is 6.54 Å². The second kappa shape index (κ2) is 4.52. The fourth-order valence-corrected chi connectivity index (χ4v) is 1.89. The molecular formula is C13H13F3N2. The minimum atomic E-state index is -4.41. The Morgan fingerprint density at radius 3 is 2.61 bits per heavy atom. The number of alkyl halides is 3. The summed E-state index contributed by atoms with van der Waals surface area (Å²) in [5.41, 5.74) is -0.271. The molecule has 1 aromatic carbocycles. The molecule has 1 aromatic rings. The normalized spacial score (nSPS) is 22.4. The van der Waals surface area contributed by atoms with Gasteiger partial charge in [-0.1, -0.05) is 6.92 Å². The zero-order chi connectivity index (χ0) is 13.3. The van der Waals surface area contributed by atoms with Crippen molar-refractivity contribution in [3.05, 3.63) is 29.3 Å². The number of nitriles is 1. The number of hydrogen-bond acceptors (Lipinski definition) is 2. The van der Waals surface area contributed by atoms with Crippen LogP contribution in [0.15, 0.2) is 18.2 Å². The highest BCUT2D eigenvalue weighted by atomic mass is 19.4. The third kappa shape index (κ3) is 2.76. The topological polar surface area (TPSA) is 35.8 Å². The maximum absolute atomic E-state index is 12.5. The van der Waals surface area contributed by atoms with E-state index in [9.17, 15) is 13.2 Å². The van der Waals surface area contributed by atoms with Crippen LogP contribution < -0.4 is 5.32 Å². The van der Waals surface area contributed by atoms with Gasteiger partial charge >= 0.3 is 6.18 Å². The minimum absolute atomic E-state index is 0.0399. The Labute approximate surface area is 103 Å². The van der Waals surface area contributed by atoms with Gasteiger partial charge in [-0.3, -0.25) is 0 Å². The van der Waals surface area contributed by atoms with Gasteiger partial charge in [-0.25, -0.2) is 0 Å². The molecule has 1 saturated carbocycles. The lowest BCUT2D eigenvalue weighted by atomic mass is 10.1. The van der Waals surface area contributed by atoms with E-state index in [0.29, 0.717) is 24.1 Å². The molecule has 1 N–H and O–H groups in total. The first kappa shape index (κ1) is 12.7. The van der Waals surface area contributed by atoms with Gasteiger partial charge < -0.3 is 5.32 Å². The van der Waals surface area contributed by atoms with Crippen LogP contribution >= 0.6 is 0 Å². The summed E-state index contributed by atoms with van der Waals surface area (Å²) >= 11 is 0. The number of hydrogen-bond donors (Lipinski definition) is 1. The second-order valence-electron chi connectivity index (χ2n) is 4.72. The summed E-state index contributed by atoms with van der Waals surface area (Å²) in [6.07, 6.45) is -3.27. The van der Waals surface area contributed by atoms with Gasteiger partial charge in [-0.2, -0.15) is 18.4 Å². The molecule has 0 heterocycles. The molecule has 0 spiro atoms. The van der Waals surface area contributed by atoms with E-state index in [1.165, 1.54) is 6.07 Å². The van der Waals surface area contributed by atoms with Crippen molar-refractivity contribution < 1.29 is 13.2 Å². The Morgan fingerprint density at radius 1 is 1.44 bits per heavy atom. The average Bonchev–Trinajstić information content (AvgIpc) is 3.01. The Balaban J connectivity index is 2.13. The van der Waals surface area contributed by atoms with Crippen molar-refractivity contribution in [2.75, 3.05) is 11.9 Å². The average molecular weight is 254 g/mol. The van der Waals surface area contributed by atoms with E-state index < -0.39 is 11.7 Å². The summed E-state index contributed by atoms with van der Waals surface area (Å²) in [5, 5.41) is 11.9. The van der Waals surface area contributed by atoms with Crippen LogP contribution in [0.1, 0.15) is 24.5 Å². The largest absolute Gasteiger partial charge is 0.416 e. The second-order valence-corrected chi connectivity index (χ2v) is 4.72. The molecule has 0 aromatic heterocycles. The summed E-state index contributed by atoms with van der Waals surface area (Å²) in [5.74, 6) is 1.23. The molecule has 1 fully saturated rings. The molecule has 1 aliphatic carbocycles. The molecular weight excluding hydrogens is 241 g/mol. The zero-order valence-electron chi connectivity index (χ0n) is 9.88. The summed E-state index contributed by atoms with van der Waals surface area (Å²) in [6.45, 7) is 2.84. The van der Waals surface area contributed by atoms with Crippen LogP contribution in [0.2, 0.25) is 0 Å². The SMILES string of the molecule is CC1CC1CNc1ccc(C(F)(F)F)cc1C#N. The van der Waals surface area contributed by atoms with Gasteiger partial charge in [0.25, 0.3) is 0 Å². The van der Waals surface area contributed by atoms with Crippen molar-refractivity contribution in [2.24, 2.45) is 11.8 Å². The molecule has 0 radical (unpaired) electrons. The lowest BCUT2D eigenvalue weighted by Gasteiger charge is -2.11. The van der Waals surface area contributed by atoms with Crippen LogP contribution in [-0.4, -0.2) is 6.54 Å². The summed E-state index contributed by atoms with van der Waals surface area (Å²) in [6, 6.07) is 5.02. The van der Waals surface area contributed by atoms with E-state index in [-0.39, 0.29) is 5.56 Å². The molecule has 1 aliphatic rings. The molecule has 2 nitrogen and oxygen atoms in total. The number of benzene rings is 1. The first-order valence-electron chi connectivity index (χ1n) is 5.77. The highest BCUT2D eigenvalue weighted by Gasteiger charge is 2.33. The number of anilines is 1. The zero-order valence-corrected chi connectivity index (χ0v) is 9.88. The summed E-state index contributed by atoms with van der Waals surface area (Å²) < 4.78 is 37.4. The molecule has 0 saturated heterocycles. The minimum Gasteiger partial charge on any atom is -0.384 e. The predicted octanol–water partition coefficient (Wildman–Crippen LogP) is 3.64. The lowest BCUT2D eigenvalue weighted by Crippen LogP contribution is -2.09. The van der Waals surface area contributed by atoms with Gasteiger partial charge in [0.05, 0.1) is 16.8 Å². The van der Waals surface area contributed by atoms with Crippen LogP contribution in [0.25, 0.3) is 0 Å². The van der Waals surface area contributed by atoms with Crippen molar-refractivity contribution in [1.29, 1.82) is 5.26 Å². The van der Waals surface area contributed by atoms with Gasteiger partial charge in [0.15, 0.2) is 0 Å². The molecule has 0 amide bonds. The Hall–Kier alpha value is -1.70. The van der Waals surface area contributed by atoms with Gasteiger partial charge in [-0.05, 0) is 36.5 Å².